The Morgan fingerprint density at radius 3 is 2.16 bits per heavy atom. The van der Waals surface area contributed by atoms with E-state index < -0.39 is 0 Å². The molecule has 0 N–H and O–H groups in total. The first-order valence-corrected chi connectivity index (χ1v) is 7.78. The number of nitrogens with zero attached hydrogens (tertiary/aromatic N) is 3. The number of pyridine rings is 1. The second-order valence-electron chi connectivity index (χ2n) is 4.18. The summed E-state index contributed by atoms with van der Waals surface area (Å²) in [6, 6.07) is 1.86. The van der Waals surface area contributed by atoms with Gasteiger partial charge in [-0.2, -0.15) is 0 Å². The fraction of sp³-hybridized carbons (Fsp3) is 0.250. The topological polar surface area (TPSA) is 38.7 Å². The van der Waals surface area contributed by atoms with Gasteiger partial charge in [-0.25, -0.2) is 9.97 Å². The van der Waals surface area contributed by atoms with Crippen LogP contribution in [0.3, 0.4) is 0 Å². The van der Waals surface area contributed by atoms with Gasteiger partial charge in [-0.1, -0.05) is 37.0 Å². The zero-order valence-electron chi connectivity index (χ0n) is 10.1. The monoisotopic (exact) mass is 423 g/mol. The zero-order chi connectivity index (χ0) is 14.2. The normalized spacial score (nSPS) is 11.1. The van der Waals surface area contributed by atoms with Gasteiger partial charge >= 0.3 is 0 Å². The number of aromatic nitrogens is 3. The minimum Gasteiger partial charge on any atom is -0.251 e. The Hall–Kier alpha value is -0.230. The Morgan fingerprint density at radius 1 is 1.11 bits per heavy atom. The summed E-state index contributed by atoms with van der Waals surface area (Å²) in [5.74, 6) is 0.564. The molecule has 0 atom stereocenters. The first kappa shape index (κ1) is 15.2. The van der Waals surface area contributed by atoms with Crippen molar-refractivity contribution in [1.82, 2.24) is 15.0 Å². The maximum atomic E-state index is 6.18. The van der Waals surface area contributed by atoms with Crippen LogP contribution in [0, 0.1) is 0 Å². The number of hydrogen-bond acceptors (Lipinski definition) is 3. The summed E-state index contributed by atoms with van der Waals surface area (Å²) < 4.78 is 1.63. The second-order valence-corrected chi connectivity index (χ2v) is 6.67. The van der Waals surface area contributed by atoms with E-state index in [2.05, 4.69) is 46.8 Å². The molecule has 100 valence electrons. The highest BCUT2D eigenvalue weighted by atomic mass is 79.9. The van der Waals surface area contributed by atoms with Crippen LogP contribution in [0.15, 0.2) is 21.2 Å². The summed E-state index contributed by atoms with van der Waals surface area (Å²) in [4.78, 5) is 12.8. The molecule has 0 amide bonds. The van der Waals surface area contributed by atoms with Crippen LogP contribution in [0.25, 0.3) is 11.5 Å². The van der Waals surface area contributed by atoms with Crippen molar-refractivity contribution in [3.63, 3.8) is 0 Å². The Morgan fingerprint density at radius 2 is 1.68 bits per heavy atom. The lowest BCUT2D eigenvalue weighted by Crippen LogP contribution is -2.00. The molecule has 2 heterocycles. The standard InChI is InChI=1S/C12H9Br2Cl2N3/c1-5(2)8-10(15)18-12(19-11(8)16)9-7(14)3-6(13)4-17-9/h3-5H,1-2H3. The van der Waals surface area contributed by atoms with Crippen LogP contribution >= 0.6 is 55.1 Å². The van der Waals surface area contributed by atoms with Crippen molar-refractivity contribution in [3.05, 3.63) is 37.1 Å². The number of halogens is 4. The fourth-order valence-corrected chi connectivity index (χ4v) is 3.57. The lowest BCUT2D eigenvalue weighted by atomic mass is 10.1. The molecular weight excluding hydrogens is 417 g/mol. The van der Waals surface area contributed by atoms with Gasteiger partial charge in [0.05, 0.1) is 0 Å². The van der Waals surface area contributed by atoms with E-state index in [1.165, 1.54) is 0 Å². The third-order valence-corrected chi connectivity index (χ3v) is 4.06. The summed E-state index contributed by atoms with van der Waals surface area (Å²) in [5.41, 5.74) is 1.35. The van der Waals surface area contributed by atoms with Gasteiger partial charge in [0.2, 0.25) is 0 Å². The van der Waals surface area contributed by atoms with Crippen LogP contribution in [0.4, 0.5) is 0 Å². The van der Waals surface area contributed by atoms with Gasteiger partial charge < -0.3 is 0 Å². The second kappa shape index (κ2) is 6.04. The summed E-state index contributed by atoms with van der Waals surface area (Å²) in [5, 5.41) is 0.725. The lowest BCUT2D eigenvalue weighted by molar-refractivity contribution is 0.847. The van der Waals surface area contributed by atoms with Gasteiger partial charge in [-0.05, 0) is 43.8 Å². The first-order chi connectivity index (χ1) is 8.90. The van der Waals surface area contributed by atoms with Crippen LogP contribution in [0.5, 0.6) is 0 Å². The van der Waals surface area contributed by atoms with Crippen molar-refractivity contribution in [2.24, 2.45) is 0 Å². The van der Waals surface area contributed by atoms with Crippen LogP contribution in [0.2, 0.25) is 10.3 Å². The molecular formula is C12H9Br2Cl2N3. The van der Waals surface area contributed by atoms with Crippen LogP contribution in [-0.4, -0.2) is 15.0 Å². The molecule has 0 fully saturated rings. The number of rotatable bonds is 2. The number of hydrogen-bond donors (Lipinski definition) is 0. The van der Waals surface area contributed by atoms with E-state index in [-0.39, 0.29) is 5.92 Å². The Bertz CT molecular complexity index is 609. The maximum absolute atomic E-state index is 6.18. The van der Waals surface area contributed by atoms with Crippen molar-refractivity contribution in [3.8, 4) is 11.5 Å². The molecule has 0 radical (unpaired) electrons. The molecule has 3 nitrogen and oxygen atoms in total. The molecule has 2 aromatic rings. The summed E-state index contributed by atoms with van der Waals surface area (Å²) in [6.45, 7) is 3.98. The van der Waals surface area contributed by atoms with Gasteiger partial charge in [-0.3, -0.25) is 4.98 Å². The highest BCUT2D eigenvalue weighted by Crippen LogP contribution is 2.33. The smallest absolute Gasteiger partial charge is 0.182 e. The average Bonchev–Trinajstić information content (AvgIpc) is 2.26. The van der Waals surface area contributed by atoms with Crippen molar-refractivity contribution in [2.75, 3.05) is 0 Å². The molecule has 0 spiro atoms. The van der Waals surface area contributed by atoms with E-state index in [9.17, 15) is 0 Å². The summed E-state index contributed by atoms with van der Waals surface area (Å²) in [7, 11) is 0. The molecule has 19 heavy (non-hydrogen) atoms. The molecule has 0 aliphatic heterocycles. The van der Waals surface area contributed by atoms with Crippen LogP contribution < -0.4 is 0 Å². The third kappa shape index (κ3) is 3.27. The summed E-state index contributed by atoms with van der Waals surface area (Å²) >= 11 is 19.1. The molecule has 0 aliphatic carbocycles. The Labute approximate surface area is 138 Å². The predicted octanol–water partition coefficient (Wildman–Crippen LogP) is 5.49. The molecule has 0 saturated carbocycles. The zero-order valence-corrected chi connectivity index (χ0v) is 14.8. The first-order valence-electron chi connectivity index (χ1n) is 5.44. The van der Waals surface area contributed by atoms with Crippen LogP contribution in [0.1, 0.15) is 25.3 Å². The molecule has 2 rings (SSSR count). The fourth-order valence-electron chi connectivity index (χ4n) is 1.58. The molecule has 0 aliphatic rings. The van der Waals surface area contributed by atoms with Crippen molar-refractivity contribution < 1.29 is 0 Å². The van der Waals surface area contributed by atoms with E-state index in [0.717, 1.165) is 14.5 Å². The molecule has 0 saturated heterocycles. The van der Waals surface area contributed by atoms with E-state index >= 15 is 0 Å². The van der Waals surface area contributed by atoms with Crippen LogP contribution in [-0.2, 0) is 0 Å². The van der Waals surface area contributed by atoms with E-state index in [4.69, 9.17) is 23.2 Å². The molecule has 0 aromatic carbocycles. The predicted molar refractivity (Wildman–Crippen MR) is 84.8 cm³/mol. The van der Waals surface area contributed by atoms with Gasteiger partial charge in [-0.15, -0.1) is 0 Å². The SMILES string of the molecule is CC(C)c1c(Cl)nc(-c2ncc(Br)cc2Br)nc1Cl. The largest absolute Gasteiger partial charge is 0.251 e. The highest BCUT2D eigenvalue weighted by molar-refractivity contribution is 9.11. The van der Waals surface area contributed by atoms with Gasteiger partial charge in [0, 0.05) is 20.7 Å². The Balaban J connectivity index is 2.58. The maximum Gasteiger partial charge on any atom is 0.182 e. The van der Waals surface area contributed by atoms with Gasteiger partial charge in [0.25, 0.3) is 0 Å². The van der Waals surface area contributed by atoms with Gasteiger partial charge in [0.15, 0.2) is 5.82 Å². The quantitative estimate of drug-likeness (QED) is 0.597. The Kier molecular flexibility index (Phi) is 4.82. The minimum atomic E-state index is 0.162. The minimum absolute atomic E-state index is 0.162. The third-order valence-electron chi connectivity index (χ3n) is 2.45. The molecule has 7 heteroatoms. The lowest BCUT2D eigenvalue weighted by Gasteiger charge is -2.11. The van der Waals surface area contributed by atoms with Crippen molar-refractivity contribution >= 4 is 55.1 Å². The van der Waals surface area contributed by atoms with E-state index in [1.54, 1.807) is 6.20 Å². The van der Waals surface area contributed by atoms with Crippen molar-refractivity contribution in [2.45, 2.75) is 19.8 Å². The summed E-state index contributed by atoms with van der Waals surface area (Å²) in [6.07, 6.45) is 1.67. The highest BCUT2D eigenvalue weighted by Gasteiger charge is 2.17. The molecule has 0 bridgehead atoms. The van der Waals surface area contributed by atoms with E-state index in [1.807, 2.05) is 19.9 Å². The van der Waals surface area contributed by atoms with Crippen molar-refractivity contribution in [1.29, 1.82) is 0 Å². The van der Waals surface area contributed by atoms with E-state index in [0.29, 0.717) is 21.8 Å². The average molecular weight is 426 g/mol. The van der Waals surface area contributed by atoms with Gasteiger partial charge in [0.1, 0.15) is 16.0 Å². The molecule has 2 aromatic heterocycles. The molecule has 0 unspecified atom stereocenters.